The average molecular weight is 488 g/mol. The zero-order valence-corrected chi connectivity index (χ0v) is 19.0. The number of hydrazone groups is 1. The minimum Gasteiger partial charge on any atom is -0.494 e. The topological polar surface area (TPSA) is 89.0 Å². The Balaban J connectivity index is 1.82. The zero-order valence-electron chi connectivity index (χ0n) is 17.4. The van der Waals surface area contributed by atoms with Crippen molar-refractivity contribution in [3.8, 4) is 11.5 Å². The highest BCUT2D eigenvalue weighted by Gasteiger charge is 2.08. The lowest BCUT2D eigenvalue weighted by molar-refractivity contribution is -0.120. The molecule has 2 rings (SSSR count). The number of hydrogen-bond donors (Lipinski definition) is 2. The molecule has 0 aromatic heterocycles. The second kappa shape index (κ2) is 13.2. The second-order valence-corrected chi connectivity index (χ2v) is 7.40. The lowest BCUT2D eigenvalue weighted by atomic mass is 10.2. The summed E-state index contributed by atoms with van der Waals surface area (Å²) in [5.41, 5.74) is 3.51. The molecular weight excluding hydrogens is 462 g/mol. The summed E-state index contributed by atoms with van der Waals surface area (Å²) < 4.78 is 12.0. The first-order valence-electron chi connectivity index (χ1n) is 9.89. The Kier molecular flexibility index (Phi) is 10.3. The van der Waals surface area contributed by atoms with Gasteiger partial charge in [-0.3, -0.25) is 9.59 Å². The summed E-state index contributed by atoms with van der Waals surface area (Å²) in [5.74, 6) is 0.511. The number of amides is 2. The number of nitrogens with zero attached hydrogens (tertiary/aromatic N) is 1. The molecule has 0 aliphatic rings. The fraction of sp³-hybridized carbons (Fsp3) is 0.261. The molecule has 0 heterocycles. The highest BCUT2D eigenvalue weighted by Crippen LogP contribution is 2.21. The molecule has 0 saturated carbocycles. The molecular formula is C23H26BrN3O4. The smallest absolute Gasteiger partial charge is 0.259 e. The van der Waals surface area contributed by atoms with E-state index in [1.54, 1.807) is 36.4 Å². The van der Waals surface area contributed by atoms with Crippen LogP contribution in [0.3, 0.4) is 0 Å². The van der Waals surface area contributed by atoms with Gasteiger partial charge in [0.1, 0.15) is 18.1 Å². The first-order chi connectivity index (χ1) is 15.0. The largest absolute Gasteiger partial charge is 0.494 e. The van der Waals surface area contributed by atoms with Gasteiger partial charge in [0, 0.05) is 15.6 Å². The van der Waals surface area contributed by atoms with E-state index >= 15 is 0 Å². The van der Waals surface area contributed by atoms with Crippen LogP contribution >= 0.6 is 15.9 Å². The van der Waals surface area contributed by atoms with Crippen LogP contribution in [-0.2, 0) is 4.79 Å². The van der Waals surface area contributed by atoms with E-state index in [0.717, 1.165) is 17.3 Å². The molecule has 2 amide bonds. The van der Waals surface area contributed by atoms with E-state index in [-0.39, 0.29) is 12.5 Å². The second-order valence-electron chi connectivity index (χ2n) is 6.48. The summed E-state index contributed by atoms with van der Waals surface area (Å²) >= 11 is 3.39. The third kappa shape index (κ3) is 8.64. The third-order valence-electron chi connectivity index (χ3n) is 4.01. The maximum atomic E-state index is 12.2. The third-order valence-corrected chi connectivity index (χ3v) is 4.51. The molecule has 0 bridgehead atoms. The van der Waals surface area contributed by atoms with Gasteiger partial charge in [-0.05, 0) is 48.9 Å². The van der Waals surface area contributed by atoms with Crippen LogP contribution in [0.1, 0.15) is 35.7 Å². The molecule has 0 aliphatic heterocycles. The Bertz CT molecular complexity index is 914. The van der Waals surface area contributed by atoms with E-state index in [4.69, 9.17) is 9.47 Å². The number of benzene rings is 2. The summed E-state index contributed by atoms with van der Waals surface area (Å²) in [5, 5.41) is 6.49. The highest BCUT2D eigenvalue weighted by atomic mass is 79.9. The summed E-state index contributed by atoms with van der Waals surface area (Å²) in [4.78, 5) is 24.2. The number of unbranched alkanes of at least 4 members (excludes halogenated alkanes) is 1. The first kappa shape index (κ1) is 24.1. The van der Waals surface area contributed by atoms with Crippen LogP contribution < -0.4 is 20.2 Å². The van der Waals surface area contributed by atoms with Gasteiger partial charge in [-0.25, -0.2) is 5.43 Å². The van der Waals surface area contributed by atoms with E-state index in [1.165, 1.54) is 6.21 Å². The Morgan fingerprint density at radius 2 is 1.94 bits per heavy atom. The molecule has 0 radical (unpaired) electrons. The summed E-state index contributed by atoms with van der Waals surface area (Å²) in [6, 6.07) is 12.2. The van der Waals surface area contributed by atoms with Crippen molar-refractivity contribution < 1.29 is 19.1 Å². The molecule has 0 saturated heterocycles. The van der Waals surface area contributed by atoms with E-state index in [1.807, 2.05) is 12.1 Å². The number of nitrogens with one attached hydrogen (secondary N) is 2. The van der Waals surface area contributed by atoms with Gasteiger partial charge >= 0.3 is 0 Å². The Morgan fingerprint density at radius 3 is 2.65 bits per heavy atom. The van der Waals surface area contributed by atoms with Gasteiger partial charge in [-0.1, -0.05) is 41.9 Å². The van der Waals surface area contributed by atoms with Gasteiger partial charge in [0.25, 0.3) is 11.8 Å². The monoisotopic (exact) mass is 487 g/mol. The van der Waals surface area contributed by atoms with Crippen LogP contribution in [0.25, 0.3) is 0 Å². The molecule has 31 heavy (non-hydrogen) atoms. The normalized spacial score (nSPS) is 10.5. The lowest BCUT2D eigenvalue weighted by Crippen LogP contribution is -2.34. The Morgan fingerprint density at radius 1 is 1.16 bits per heavy atom. The fourth-order valence-electron chi connectivity index (χ4n) is 2.41. The quantitative estimate of drug-likeness (QED) is 0.204. The number of carbonyl (C=O) groups excluding carboxylic acids is 2. The van der Waals surface area contributed by atoms with E-state index in [2.05, 4.69) is 45.3 Å². The summed E-state index contributed by atoms with van der Waals surface area (Å²) in [6.45, 7) is 6.50. The Hall–Kier alpha value is -3.13. The van der Waals surface area contributed by atoms with Gasteiger partial charge in [0.15, 0.2) is 0 Å². The average Bonchev–Trinajstić information content (AvgIpc) is 2.77. The number of rotatable bonds is 12. The van der Waals surface area contributed by atoms with Gasteiger partial charge in [0.05, 0.1) is 19.4 Å². The maximum absolute atomic E-state index is 12.2. The number of carbonyl (C=O) groups is 2. The van der Waals surface area contributed by atoms with Crippen LogP contribution in [0.2, 0.25) is 0 Å². The molecule has 0 aliphatic carbocycles. The van der Waals surface area contributed by atoms with Crippen molar-refractivity contribution in [2.24, 2.45) is 5.10 Å². The first-order valence-corrected chi connectivity index (χ1v) is 10.7. The molecule has 0 unspecified atom stereocenters. The van der Waals surface area contributed by atoms with Crippen molar-refractivity contribution in [3.63, 3.8) is 0 Å². The van der Waals surface area contributed by atoms with Crippen LogP contribution in [0.15, 0.2) is 64.7 Å². The van der Waals surface area contributed by atoms with Crippen LogP contribution in [-0.4, -0.2) is 37.8 Å². The zero-order chi connectivity index (χ0) is 22.5. The molecule has 7 nitrogen and oxygen atoms in total. The van der Waals surface area contributed by atoms with E-state index in [0.29, 0.717) is 35.8 Å². The molecule has 0 spiro atoms. The molecule has 164 valence electrons. The van der Waals surface area contributed by atoms with Crippen LogP contribution in [0.4, 0.5) is 0 Å². The predicted octanol–water partition coefficient (Wildman–Crippen LogP) is 4.07. The molecule has 8 heteroatoms. The van der Waals surface area contributed by atoms with Gasteiger partial charge in [0.2, 0.25) is 0 Å². The fourth-order valence-corrected chi connectivity index (χ4v) is 2.79. The lowest BCUT2D eigenvalue weighted by Gasteiger charge is -2.08. The van der Waals surface area contributed by atoms with Gasteiger partial charge < -0.3 is 14.8 Å². The van der Waals surface area contributed by atoms with E-state index < -0.39 is 5.91 Å². The van der Waals surface area contributed by atoms with Crippen molar-refractivity contribution in [1.82, 2.24) is 10.7 Å². The van der Waals surface area contributed by atoms with Crippen molar-refractivity contribution in [2.45, 2.75) is 19.8 Å². The van der Waals surface area contributed by atoms with Gasteiger partial charge in [-0.2, -0.15) is 5.10 Å². The van der Waals surface area contributed by atoms with E-state index in [9.17, 15) is 9.59 Å². The molecule has 0 fully saturated rings. The molecule has 2 aromatic carbocycles. The van der Waals surface area contributed by atoms with Crippen molar-refractivity contribution in [1.29, 1.82) is 0 Å². The number of halogens is 1. The van der Waals surface area contributed by atoms with Gasteiger partial charge in [-0.15, -0.1) is 0 Å². The highest BCUT2D eigenvalue weighted by molar-refractivity contribution is 9.10. The standard InChI is InChI=1S/C23H26BrN3O4/c1-3-5-13-30-20-9-6-17(7-10-20)23(29)25-16-22(28)27-26-15-18-14-19(24)8-11-21(18)31-12-4-2/h4,6-11,14-15H,2-3,5,12-13,16H2,1H3,(H,25,29)(H,27,28). The minimum absolute atomic E-state index is 0.205. The van der Waals surface area contributed by atoms with Crippen molar-refractivity contribution >= 4 is 34.0 Å². The molecule has 2 aromatic rings. The maximum Gasteiger partial charge on any atom is 0.259 e. The molecule has 0 atom stereocenters. The SMILES string of the molecule is C=CCOc1ccc(Br)cc1C=NNC(=O)CNC(=O)c1ccc(OCCCC)cc1. The molecule has 2 N–H and O–H groups in total. The van der Waals surface area contributed by atoms with Crippen LogP contribution in [0.5, 0.6) is 11.5 Å². The number of hydrogen-bond acceptors (Lipinski definition) is 5. The van der Waals surface area contributed by atoms with Crippen LogP contribution in [0, 0.1) is 0 Å². The Labute approximate surface area is 190 Å². The van der Waals surface area contributed by atoms with Crippen molar-refractivity contribution in [3.05, 3.63) is 70.7 Å². The summed E-state index contributed by atoms with van der Waals surface area (Å²) in [6.07, 6.45) is 5.14. The summed E-state index contributed by atoms with van der Waals surface area (Å²) in [7, 11) is 0. The number of ether oxygens (including phenoxy) is 2. The predicted molar refractivity (Wildman–Crippen MR) is 125 cm³/mol. The van der Waals surface area contributed by atoms with Crippen molar-refractivity contribution in [2.75, 3.05) is 19.8 Å². The minimum atomic E-state index is -0.451.